The van der Waals surface area contributed by atoms with Crippen molar-refractivity contribution in [2.24, 2.45) is 7.05 Å². The smallest absolute Gasteiger partial charge is 0.246 e. The zero-order valence-corrected chi connectivity index (χ0v) is 14.5. The number of amides is 1. The number of fused-ring (bicyclic) bond motifs is 3. The van der Waals surface area contributed by atoms with Crippen LogP contribution in [0.5, 0.6) is 0 Å². The molecule has 132 valence electrons. The van der Waals surface area contributed by atoms with Gasteiger partial charge in [-0.25, -0.2) is 9.97 Å². The van der Waals surface area contributed by atoms with Crippen molar-refractivity contribution in [2.75, 3.05) is 6.61 Å². The highest BCUT2D eigenvalue weighted by Crippen LogP contribution is 2.29. The molecule has 4 rings (SSSR count). The number of imidazole rings is 1. The van der Waals surface area contributed by atoms with Gasteiger partial charge in [-0.15, -0.1) is 0 Å². The number of nitrogens with zero attached hydrogens (tertiary/aromatic N) is 3. The number of aromatic amines is 1. The first-order valence-electron chi connectivity index (χ1n) is 8.36. The molecule has 0 aliphatic rings. The molecule has 1 aromatic carbocycles. The van der Waals surface area contributed by atoms with E-state index in [9.17, 15) is 4.79 Å². The van der Waals surface area contributed by atoms with Crippen molar-refractivity contribution in [1.29, 1.82) is 0 Å². The summed E-state index contributed by atoms with van der Waals surface area (Å²) in [5.74, 6) is -0.392. The van der Waals surface area contributed by atoms with Gasteiger partial charge in [-0.2, -0.15) is 0 Å². The minimum atomic E-state index is -0.515. The second-order valence-corrected chi connectivity index (χ2v) is 6.37. The molecule has 3 heterocycles. The monoisotopic (exact) mass is 349 g/mol. The minimum absolute atomic E-state index is 0.194. The Hall–Kier alpha value is -3.19. The second kappa shape index (κ2) is 6.27. The first-order chi connectivity index (χ1) is 12.6. The Kier molecular flexibility index (Phi) is 3.93. The van der Waals surface area contributed by atoms with Gasteiger partial charge in [0.25, 0.3) is 0 Å². The number of hydrogen-bond donors (Lipinski definition) is 3. The van der Waals surface area contributed by atoms with Crippen LogP contribution in [0, 0.1) is 0 Å². The highest BCUT2D eigenvalue weighted by Gasteiger charge is 2.13. The standard InChI is InChI=1S/C19H19N5O2/c1-11(22-17(26)9-25)12-4-3-5-13(6-12)15-7-14-18-16(21-10-24(18)2)8-20-19(14)23-15/h3-8,10-11,25H,9H2,1-2H3,(H,20,23)(H,22,26). The fourth-order valence-corrected chi connectivity index (χ4v) is 3.22. The van der Waals surface area contributed by atoms with Gasteiger partial charge in [0, 0.05) is 18.1 Å². The average Bonchev–Trinajstić information content (AvgIpc) is 3.25. The van der Waals surface area contributed by atoms with Crippen LogP contribution in [0.1, 0.15) is 18.5 Å². The molecule has 0 spiro atoms. The lowest BCUT2D eigenvalue weighted by Crippen LogP contribution is -2.28. The summed E-state index contributed by atoms with van der Waals surface area (Å²) in [5.41, 5.74) is 5.62. The number of rotatable bonds is 4. The fraction of sp³-hybridized carbons (Fsp3) is 0.211. The van der Waals surface area contributed by atoms with Crippen molar-refractivity contribution in [2.45, 2.75) is 13.0 Å². The zero-order valence-electron chi connectivity index (χ0n) is 14.5. The van der Waals surface area contributed by atoms with Crippen LogP contribution in [-0.4, -0.2) is 37.1 Å². The normalized spacial score (nSPS) is 12.6. The largest absolute Gasteiger partial charge is 0.387 e. The molecule has 0 radical (unpaired) electrons. The van der Waals surface area contributed by atoms with E-state index >= 15 is 0 Å². The number of hydrogen-bond acceptors (Lipinski definition) is 4. The van der Waals surface area contributed by atoms with E-state index in [0.29, 0.717) is 0 Å². The van der Waals surface area contributed by atoms with Gasteiger partial charge in [-0.05, 0) is 30.2 Å². The summed E-state index contributed by atoms with van der Waals surface area (Å²) in [7, 11) is 1.97. The number of carbonyl (C=O) groups is 1. The molecule has 0 saturated carbocycles. The Bertz CT molecular complexity index is 1110. The molecule has 0 saturated heterocycles. The molecule has 3 aromatic heterocycles. The summed E-state index contributed by atoms with van der Waals surface area (Å²) in [4.78, 5) is 23.6. The van der Waals surface area contributed by atoms with Gasteiger partial charge in [-0.3, -0.25) is 4.79 Å². The number of H-pyrrole nitrogens is 1. The van der Waals surface area contributed by atoms with E-state index < -0.39 is 12.5 Å². The van der Waals surface area contributed by atoms with Crippen molar-refractivity contribution in [3.8, 4) is 11.3 Å². The third kappa shape index (κ3) is 2.72. The van der Waals surface area contributed by atoms with E-state index in [1.165, 1.54) is 0 Å². The highest BCUT2D eigenvalue weighted by molar-refractivity contribution is 6.03. The molecular formula is C19H19N5O2. The molecule has 1 unspecified atom stereocenters. The van der Waals surface area contributed by atoms with Crippen molar-refractivity contribution < 1.29 is 9.90 Å². The summed E-state index contributed by atoms with van der Waals surface area (Å²) in [6.07, 6.45) is 3.55. The van der Waals surface area contributed by atoms with Crippen molar-refractivity contribution in [1.82, 2.24) is 24.8 Å². The molecular weight excluding hydrogens is 330 g/mol. The number of pyridine rings is 1. The van der Waals surface area contributed by atoms with Gasteiger partial charge in [0.1, 0.15) is 17.8 Å². The Morgan fingerprint density at radius 2 is 2.19 bits per heavy atom. The van der Waals surface area contributed by atoms with Crippen molar-refractivity contribution in [3.05, 3.63) is 48.4 Å². The van der Waals surface area contributed by atoms with Gasteiger partial charge in [0.15, 0.2) is 0 Å². The van der Waals surface area contributed by atoms with E-state index in [1.807, 2.05) is 42.8 Å². The topological polar surface area (TPSA) is 95.8 Å². The predicted molar refractivity (Wildman–Crippen MR) is 99.4 cm³/mol. The maximum atomic E-state index is 11.4. The average molecular weight is 349 g/mol. The van der Waals surface area contributed by atoms with Crippen molar-refractivity contribution >= 4 is 28.0 Å². The van der Waals surface area contributed by atoms with Crippen LogP contribution in [0.3, 0.4) is 0 Å². The lowest BCUT2D eigenvalue weighted by Gasteiger charge is -2.14. The van der Waals surface area contributed by atoms with Crippen LogP contribution >= 0.6 is 0 Å². The third-order valence-corrected chi connectivity index (χ3v) is 4.55. The number of aryl methyl sites for hydroxylation is 1. The number of benzene rings is 1. The Labute approximate surface area is 149 Å². The molecule has 26 heavy (non-hydrogen) atoms. The molecule has 0 bridgehead atoms. The first kappa shape index (κ1) is 16.3. The molecule has 0 fully saturated rings. The van der Waals surface area contributed by atoms with Gasteiger partial charge < -0.3 is 20.0 Å². The molecule has 1 atom stereocenters. The zero-order chi connectivity index (χ0) is 18.3. The van der Waals surface area contributed by atoms with E-state index in [1.54, 1.807) is 12.5 Å². The van der Waals surface area contributed by atoms with Gasteiger partial charge in [0.2, 0.25) is 5.91 Å². The SMILES string of the molecule is CC(NC(=O)CO)c1cccc(-c2cc3c(ncc4ncn(C)c43)[nH]2)c1. The van der Waals surface area contributed by atoms with Gasteiger partial charge in [-0.1, -0.05) is 18.2 Å². The number of nitrogens with one attached hydrogen (secondary N) is 2. The van der Waals surface area contributed by atoms with E-state index in [4.69, 9.17) is 5.11 Å². The Morgan fingerprint density at radius 1 is 1.35 bits per heavy atom. The summed E-state index contributed by atoms with van der Waals surface area (Å²) in [6.45, 7) is 1.37. The first-order valence-corrected chi connectivity index (χ1v) is 8.36. The molecule has 3 N–H and O–H groups in total. The number of aliphatic hydroxyl groups excluding tert-OH is 1. The van der Waals surface area contributed by atoms with Crippen LogP contribution in [0.25, 0.3) is 33.3 Å². The highest BCUT2D eigenvalue weighted by atomic mass is 16.3. The second-order valence-electron chi connectivity index (χ2n) is 6.37. The Balaban J connectivity index is 1.76. The summed E-state index contributed by atoms with van der Waals surface area (Å²) in [6, 6.07) is 9.81. The summed E-state index contributed by atoms with van der Waals surface area (Å²) in [5, 5.41) is 12.7. The van der Waals surface area contributed by atoms with Crippen LogP contribution in [-0.2, 0) is 11.8 Å². The molecule has 1 amide bonds. The third-order valence-electron chi connectivity index (χ3n) is 4.55. The molecule has 0 aliphatic heterocycles. The van der Waals surface area contributed by atoms with Gasteiger partial charge in [0.05, 0.1) is 24.1 Å². The maximum absolute atomic E-state index is 11.4. The number of aliphatic hydroxyl groups is 1. The van der Waals surface area contributed by atoms with E-state index in [2.05, 4.69) is 26.3 Å². The lowest BCUT2D eigenvalue weighted by atomic mass is 10.0. The van der Waals surface area contributed by atoms with E-state index in [-0.39, 0.29) is 6.04 Å². The molecule has 7 heteroatoms. The maximum Gasteiger partial charge on any atom is 0.246 e. The quantitative estimate of drug-likeness (QED) is 0.527. The number of aromatic nitrogens is 4. The van der Waals surface area contributed by atoms with Crippen LogP contribution in [0.2, 0.25) is 0 Å². The number of carbonyl (C=O) groups excluding carboxylic acids is 1. The van der Waals surface area contributed by atoms with Crippen molar-refractivity contribution in [3.63, 3.8) is 0 Å². The molecule has 4 aromatic rings. The predicted octanol–water partition coefficient (Wildman–Crippen LogP) is 2.29. The fourth-order valence-electron chi connectivity index (χ4n) is 3.22. The van der Waals surface area contributed by atoms with E-state index in [0.717, 1.165) is 38.9 Å². The lowest BCUT2D eigenvalue weighted by molar-refractivity contribution is -0.124. The minimum Gasteiger partial charge on any atom is -0.387 e. The summed E-state index contributed by atoms with van der Waals surface area (Å²) < 4.78 is 1.99. The summed E-state index contributed by atoms with van der Waals surface area (Å²) >= 11 is 0. The molecule has 7 nitrogen and oxygen atoms in total. The van der Waals surface area contributed by atoms with Crippen LogP contribution < -0.4 is 5.32 Å². The van der Waals surface area contributed by atoms with Crippen LogP contribution in [0.15, 0.2) is 42.9 Å². The van der Waals surface area contributed by atoms with Crippen LogP contribution in [0.4, 0.5) is 0 Å². The Morgan fingerprint density at radius 3 is 3.00 bits per heavy atom. The van der Waals surface area contributed by atoms with Gasteiger partial charge >= 0.3 is 0 Å². The molecule has 0 aliphatic carbocycles.